The van der Waals surface area contributed by atoms with E-state index in [1.165, 1.54) is 17.4 Å². The summed E-state index contributed by atoms with van der Waals surface area (Å²) >= 11 is 13.5. The highest BCUT2D eigenvalue weighted by atomic mass is 35.5. The highest BCUT2D eigenvalue weighted by molar-refractivity contribution is 7.15. The maximum absolute atomic E-state index is 11.9. The van der Waals surface area contributed by atoms with E-state index in [4.69, 9.17) is 23.2 Å². The molecule has 1 fully saturated rings. The second-order valence-electron chi connectivity index (χ2n) is 4.68. The van der Waals surface area contributed by atoms with Gasteiger partial charge in [-0.1, -0.05) is 40.6 Å². The van der Waals surface area contributed by atoms with Crippen molar-refractivity contribution in [3.63, 3.8) is 0 Å². The molecule has 108 valence electrons. The minimum absolute atomic E-state index is 0.288. The van der Waals surface area contributed by atoms with Gasteiger partial charge in [0.2, 0.25) is 11.0 Å². The van der Waals surface area contributed by atoms with E-state index in [-0.39, 0.29) is 5.91 Å². The molecule has 0 bridgehead atoms. The standard InChI is InChI=1S/C14H11Cl2N3OS/c15-10-2-1-3-11(16)9(10)6-7-12(20)17-14-19-18-13(21-14)8-4-5-8/h1-3,6-8H,4-5H2,(H,17,19,20)/b7-6+. The summed E-state index contributed by atoms with van der Waals surface area (Å²) in [7, 11) is 0. The van der Waals surface area contributed by atoms with Gasteiger partial charge in [0.1, 0.15) is 5.01 Å². The molecule has 1 aromatic carbocycles. The molecule has 4 nitrogen and oxygen atoms in total. The molecule has 1 heterocycles. The van der Waals surface area contributed by atoms with Crippen LogP contribution in [0.1, 0.15) is 29.3 Å². The van der Waals surface area contributed by atoms with Crippen LogP contribution in [-0.2, 0) is 4.79 Å². The van der Waals surface area contributed by atoms with Crippen molar-refractivity contribution in [1.29, 1.82) is 0 Å². The average Bonchev–Trinajstić information content (AvgIpc) is 3.19. The Hall–Kier alpha value is -1.43. The number of carbonyl (C=O) groups excluding carboxylic acids is 1. The second-order valence-corrected chi connectivity index (χ2v) is 6.50. The van der Waals surface area contributed by atoms with Gasteiger partial charge in [0, 0.05) is 27.6 Å². The Balaban J connectivity index is 1.66. The number of benzene rings is 1. The number of amides is 1. The lowest BCUT2D eigenvalue weighted by Crippen LogP contribution is -2.07. The van der Waals surface area contributed by atoms with Crippen LogP contribution in [0.15, 0.2) is 24.3 Å². The summed E-state index contributed by atoms with van der Waals surface area (Å²) in [5.74, 6) is 0.245. The summed E-state index contributed by atoms with van der Waals surface area (Å²) < 4.78 is 0. The Bertz CT molecular complexity index is 690. The van der Waals surface area contributed by atoms with Gasteiger partial charge in [0.25, 0.3) is 0 Å². The van der Waals surface area contributed by atoms with E-state index in [2.05, 4.69) is 15.5 Å². The maximum atomic E-state index is 11.9. The van der Waals surface area contributed by atoms with Crippen LogP contribution >= 0.6 is 34.5 Å². The molecule has 1 aromatic heterocycles. The van der Waals surface area contributed by atoms with Crippen molar-refractivity contribution in [3.8, 4) is 0 Å². The maximum Gasteiger partial charge on any atom is 0.250 e. The first-order valence-electron chi connectivity index (χ1n) is 6.40. The zero-order chi connectivity index (χ0) is 14.8. The number of aromatic nitrogens is 2. The lowest BCUT2D eigenvalue weighted by atomic mass is 10.2. The number of anilines is 1. The number of hydrogen-bond acceptors (Lipinski definition) is 4. The fourth-order valence-electron chi connectivity index (χ4n) is 1.76. The monoisotopic (exact) mass is 339 g/mol. The van der Waals surface area contributed by atoms with Gasteiger partial charge in [-0.15, -0.1) is 10.2 Å². The number of nitrogens with one attached hydrogen (secondary N) is 1. The number of carbonyl (C=O) groups is 1. The van der Waals surface area contributed by atoms with Gasteiger partial charge in [-0.2, -0.15) is 0 Å². The zero-order valence-corrected chi connectivity index (χ0v) is 13.2. The molecule has 1 saturated carbocycles. The highest BCUT2D eigenvalue weighted by Gasteiger charge is 2.27. The van der Waals surface area contributed by atoms with Crippen LogP contribution in [0.5, 0.6) is 0 Å². The van der Waals surface area contributed by atoms with Gasteiger partial charge in [0.15, 0.2) is 0 Å². The summed E-state index contributed by atoms with van der Waals surface area (Å²) in [4.78, 5) is 11.9. The van der Waals surface area contributed by atoms with E-state index >= 15 is 0 Å². The topological polar surface area (TPSA) is 54.9 Å². The summed E-state index contributed by atoms with van der Waals surface area (Å²) in [5, 5.41) is 13.2. The number of halogens is 2. The molecule has 0 saturated heterocycles. The smallest absolute Gasteiger partial charge is 0.250 e. The lowest BCUT2D eigenvalue weighted by molar-refractivity contribution is -0.111. The van der Waals surface area contributed by atoms with E-state index in [0.717, 1.165) is 17.8 Å². The van der Waals surface area contributed by atoms with E-state index in [1.807, 2.05) is 0 Å². The third-order valence-corrected chi connectivity index (χ3v) is 4.66. The van der Waals surface area contributed by atoms with Crippen LogP contribution in [0.3, 0.4) is 0 Å². The highest BCUT2D eigenvalue weighted by Crippen LogP contribution is 2.42. The molecule has 0 atom stereocenters. The summed E-state index contributed by atoms with van der Waals surface area (Å²) in [6.07, 6.45) is 5.29. The lowest BCUT2D eigenvalue weighted by Gasteiger charge is -2.00. The van der Waals surface area contributed by atoms with Crippen molar-refractivity contribution in [2.24, 2.45) is 0 Å². The first kappa shape index (κ1) is 14.5. The molecule has 1 N–H and O–H groups in total. The van der Waals surface area contributed by atoms with Crippen molar-refractivity contribution in [3.05, 3.63) is 44.9 Å². The molecule has 21 heavy (non-hydrogen) atoms. The number of nitrogens with zero attached hydrogens (tertiary/aromatic N) is 2. The van der Waals surface area contributed by atoms with E-state index in [1.54, 1.807) is 24.3 Å². The molecule has 3 rings (SSSR count). The van der Waals surface area contributed by atoms with Crippen molar-refractivity contribution in [1.82, 2.24) is 10.2 Å². The molecule has 7 heteroatoms. The van der Waals surface area contributed by atoms with Crippen LogP contribution < -0.4 is 5.32 Å². The Morgan fingerprint density at radius 2 is 2.00 bits per heavy atom. The predicted molar refractivity (Wildman–Crippen MR) is 86.0 cm³/mol. The van der Waals surface area contributed by atoms with E-state index in [9.17, 15) is 4.79 Å². The van der Waals surface area contributed by atoms with Crippen LogP contribution in [0.2, 0.25) is 10.0 Å². The average molecular weight is 340 g/mol. The second kappa shape index (κ2) is 6.13. The largest absolute Gasteiger partial charge is 0.297 e. The Morgan fingerprint density at radius 1 is 1.29 bits per heavy atom. The molecule has 0 unspecified atom stereocenters. The molecule has 1 aliphatic rings. The van der Waals surface area contributed by atoms with Gasteiger partial charge >= 0.3 is 0 Å². The van der Waals surface area contributed by atoms with Gasteiger partial charge in [-0.25, -0.2) is 0 Å². The zero-order valence-electron chi connectivity index (χ0n) is 10.8. The third kappa shape index (κ3) is 3.61. The predicted octanol–water partition coefficient (Wildman–Crippen LogP) is 4.37. The molecule has 1 amide bonds. The molecular formula is C14H11Cl2N3OS. The fraction of sp³-hybridized carbons (Fsp3) is 0.214. The van der Waals surface area contributed by atoms with Gasteiger partial charge in [-0.05, 0) is 31.1 Å². The van der Waals surface area contributed by atoms with E-state index < -0.39 is 0 Å². The van der Waals surface area contributed by atoms with Crippen molar-refractivity contribution < 1.29 is 4.79 Å². The van der Waals surface area contributed by atoms with Gasteiger partial charge < -0.3 is 0 Å². The number of rotatable bonds is 4. The third-order valence-electron chi connectivity index (χ3n) is 3.00. The first-order chi connectivity index (χ1) is 10.1. The Morgan fingerprint density at radius 3 is 2.67 bits per heavy atom. The summed E-state index contributed by atoms with van der Waals surface area (Å²) in [6, 6.07) is 5.19. The van der Waals surface area contributed by atoms with Crippen LogP contribution in [0.25, 0.3) is 6.08 Å². The van der Waals surface area contributed by atoms with Gasteiger partial charge in [0.05, 0.1) is 0 Å². The normalized spacial score (nSPS) is 14.6. The van der Waals surface area contributed by atoms with Crippen LogP contribution in [-0.4, -0.2) is 16.1 Å². The van der Waals surface area contributed by atoms with Gasteiger partial charge in [-0.3, -0.25) is 10.1 Å². The first-order valence-corrected chi connectivity index (χ1v) is 7.97. The van der Waals surface area contributed by atoms with Crippen LogP contribution in [0, 0.1) is 0 Å². The Kier molecular flexibility index (Phi) is 4.24. The van der Waals surface area contributed by atoms with E-state index in [0.29, 0.717) is 26.7 Å². The van der Waals surface area contributed by atoms with Crippen molar-refractivity contribution >= 4 is 51.7 Å². The molecular weight excluding hydrogens is 329 g/mol. The number of hydrogen-bond donors (Lipinski definition) is 1. The molecule has 0 spiro atoms. The SMILES string of the molecule is O=C(/C=C/c1c(Cl)cccc1Cl)Nc1nnc(C2CC2)s1. The molecule has 2 aromatic rings. The molecule has 0 aliphatic heterocycles. The van der Waals surface area contributed by atoms with Crippen molar-refractivity contribution in [2.75, 3.05) is 5.32 Å². The quantitative estimate of drug-likeness (QED) is 0.841. The minimum Gasteiger partial charge on any atom is -0.297 e. The summed E-state index contributed by atoms with van der Waals surface area (Å²) in [6.45, 7) is 0. The van der Waals surface area contributed by atoms with Crippen molar-refractivity contribution in [2.45, 2.75) is 18.8 Å². The molecule has 1 aliphatic carbocycles. The van der Waals surface area contributed by atoms with Crippen LogP contribution in [0.4, 0.5) is 5.13 Å². The minimum atomic E-state index is -0.288. The molecule has 0 radical (unpaired) electrons. The fourth-order valence-corrected chi connectivity index (χ4v) is 3.20. The summed E-state index contributed by atoms with van der Waals surface area (Å²) in [5.41, 5.74) is 0.618. The Labute approximate surface area is 135 Å².